The first-order valence-electron chi connectivity index (χ1n) is 8.93. The Hall–Kier alpha value is -3.07. The minimum atomic E-state index is -0.577. The maximum Gasteiger partial charge on any atom is 0.253 e. The molecule has 3 atom stereocenters. The van der Waals surface area contributed by atoms with Gasteiger partial charge in [-0.3, -0.25) is 14.7 Å². The molecule has 9 heteroatoms. The molecule has 1 aliphatic carbocycles. The summed E-state index contributed by atoms with van der Waals surface area (Å²) in [5, 5.41) is 0. The molecule has 0 spiro atoms. The zero-order valence-corrected chi connectivity index (χ0v) is 16.1. The second-order valence-electron chi connectivity index (χ2n) is 7.19. The standard InChI is InChI=1S/C19H26FN7O/c1-11(24-22)27-9-14-15(10-27)19(14)26(4)12(2)25(3)18(28)7-17(21)13-5-6-23-8-16(13)20/h5-8,14-15,19,24H,1-2,9-10,21-22H2,3-4H3/b17-7-/t14-,15+,19?. The first kappa shape index (κ1) is 19.7. The molecule has 1 aromatic heterocycles. The zero-order valence-electron chi connectivity index (χ0n) is 16.1. The third-order valence-electron chi connectivity index (χ3n) is 5.63. The van der Waals surface area contributed by atoms with Crippen molar-refractivity contribution in [2.75, 3.05) is 27.2 Å². The number of aromatic nitrogens is 1. The van der Waals surface area contributed by atoms with Crippen LogP contribution >= 0.6 is 0 Å². The van der Waals surface area contributed by atoms with Crippen LogP contribution in [0.15, 0.2) is 49.3 Å². The highest BCUT2D eigenvalue weighted by atomic mass is 19.1. The largest absolute Gasteiger partial charge is 0.398 e. The number of carbonyl (C=O) groups excluding carboxylic acids is 1. The summed E-state index contributed by atoms with van der Waals surface area (Å²) < 4.78 is 13.8. The number of piperidine rings is 1. The molecule has 2 fully saturated rings. The predicted molar refractivity (Wildman–Crippen MR) is 105 cm³/mol. The van der Waals surface area contributed by atoms with E-state index in [0.29, 0.717) is 29.5 Å². The van der Waals surface area contributed by atoms with E-state index in [1.807, 2.05) is 11.9 Å². The monoisotopic (exact) mass is 387 g/mol. The molecule has 150 valence electrons. The highest BCUT2D eigenvalue weighted by Gasteiger charge is 2.58. The van der Waals surface area contributed by atoms with Crippen LogP contribution in [0, 0.1) is 17.7 Å². The number of halogens is 1. The van der Waals surface area contributed by atoms with Crippen LogP contribution < -0.4 is 17.0 Å². The third-order valence-corrected chi connectivity index (χ3v) is 5.63. The van der Waals surface area contributed by atoms with Gasteiger partial charge in [-0.05, 0) is 6.07 Å². The quantitative estimate of drug-likeness (QED) is 0.350. The van der Waals surface area contributed by atoms with Gasteiger partial charge in [0, 0.05) is 68.6 Å². The van der Waals surface area contributed by atoms with Crippen LogP contribution in [0.1, 0.15) is 5.56 Å². The molecule has 1 saturated heterocycles. The average Bonchev–Trinajstić information content (AvgIpc) is 3.18. The van der Waals surface area contributed by atoms with E-state index >= 15 is 0 Å². The van der Waals surface area contributed by atoms with Crippen LogP contribution in [0.25, 0.3) is 5.70 Å². The molecule has 1 aliphatic heterocycles. The lowest BCUT2D eigenvalue weighted by molar-refractivity contribution is -0.124. The van der Waals surface area contributed by atoms with Gasteiger partial charge in [0.15, 0.2) is 5.82 Å². The van der Waals surface area contributed by atoms with Gasteiger partial charge in [0.1, 0.15) is 11.6 Å². The zero-order chi connectivity index (χ0) is 20.6. The van der Waals surface area contributed by atoms with Crippen LogP contribution in [0.4, 0.5) is 4.39 Å². The van der Waals surface area contributed by atoms with Gasteiger partial charge in [-0.1, -0.05) is 13.2 Å². The van der Waals surface area contributed by atoms with E-state index < -0.39 is 5.82 Å². The Morgan fingerprint density at radius 3 is 2.61 bits per heavy atom. The molecule has 1 aromatic rings. The van der Waals surface area contributed by atoms with E-state index in [2.05, 4.69) is 28.5 Å². The maximum absolute atomic E-state index is 13.8. The van der Waals surface area contributed by atoms with E-state index in [1.165, 1.54) is 23.2 Å². The highest BCUT2D eigenvalue weighted by Crippen LogP contribution is 2.50. The molecular formula is C19H26FN7O. The fourth-order valence-corrected chi connectivity index (χ4v) is 3.83. The number of pyridine rings is 1. The molecule has 28 heavy (non-hydrogen) atoms. The topological polar surface area (TPSA) is 104 Å². The van der Waals surface area contributed by atoms with Crippen molar-refractivity contribution in [3.8, 4) is 0 Å². The highest BCUT2D eigenvalue weighted by molar-refractivity contribution is 5.95. The van der Waals surface area contributed by atoms with Crippen LogP contribution in [0.2, 0.25) is 0 Å². The van der Waals surface area contributed by atoms with E-state index in [-0.39, 0.29) is 17.2 Å². The third kappa shape index (κ3) is 3.53. The summed E-state index contributed by atoms with van der Waals surface area (Å²) in [6, 6.07) is 1.74. The Morgan fingerprint density at radius 2 is 2.04 bits per heavy atom. The van der Waals surface area contributed by atoms with Crippen LogP contribution in [-0.2, 0) is 4.79 Å². The number of hydrogen-bond acceptors (Lipinski definition) is 7. The van der Waals surface area contributed by atoms with Crippen LogP contribution in [0.3, 0.4) is 0 Å². The number of nitrogens with two attached hydrogens (primary N) is 2. The minimum absolute atomic E-state index is 0.0407. The average molecular weight is 387 g/mol. The number of fused-ring (bicyclic) bond motifs is 1. The molecular weight excluding hydrogens is 361 g/mol. The SMILES string of the molecule is C=C(NN)N1C[C@@H]2C(N(C)C(=C)N(C)C(=O)/C=C(\N)c3ccncc3F)[C@@H]2C1. The lowest BCUT2D eigenvalue weighted by Crippen LogP contribution is -2.40. The summed E-state index contributed by atoms with van der Waals surface area (Å²) in [7, 11) is 3.55. The van der Waals surface area contributed by atoms with Crippen molar-refractivity contribution in [3.63, 3.8) is 0 Å². The summed E-state index contributed by atoms with van der Waals surface area (Å²) in [6.45, 7) is 9.65. The number of nitrogens with zero attached hydrogens (tertiary/aromatic N) is 4. The van der Waals surface area contributed by atoms with Crippen LogP contribution in [0.5, 0.6) is 0 Å². The number of amides is 1. The molecule has 0 radical (unpaired) electrons. The number of likely N-dealkylation sites (tertiary alicyclic amines) is 1. The molecule has 0 aromatic carbocycles. The van der Waals surface area contributed by atoms with Crippen molar-refractivity contribution in [2.24, 2.45) is 23.4 Å². The molecule has 1 amide bonds. The molecule has 1 unspecified atom stereocenters. The number of nitrogens with one attached hydrogen (secondary N) is 1. The Morgan fingerprint density at radius 1 is 1.39 bits per heavy atom. The van der Waals surface area contributed by atoms with Crippen molar-refractivity contribution >= 4 is 11.6 Å². The van der Waals surface area contributed by atoms with Gasteiger partial charge in [0.25, 0.3) is 5.91 Å². The summed E-state index contributed by atoms with van der Waals surface area (Å²) in [5.74, 6) is 6.68. The smallest absolute Gasteiger partial charge is 0.253 e. The van der Waals surface area contributed by atoms with Crippen LogP contribution in [-0.4, -0.2) is 58.8 Å². The summed E-state index contributed by atoms with van der Waals surface area (Å²) in [4.78, 5) is 21.8. The van der Waals surface area contributed by atoms with E-state index in [9.17, 15) is 9.18 Å². The second kappa shape index (κ2) is 7.51. The molecule has 5 N–H and O–H groups in total. The maximum atomic E-state index is 13.8. The first-order valence-corrected chi connectivity index (χ1v) is 8.93. The fourth-order valence-electron chi connectivity index (χ4n) is 3.83. The Balaban J connectivity index is 1.61. The number of hydrogen-bond donors (Lipinski definition) is 3. The van der Waals surface area contributed by atoms with Gasteiger partial charge in [-0.25, -0.2) is 10.2 Å². The molecule has 8 nitrogen and oxygen atoms in total. The molecule has 2 heterocycles. The van der Waals surface area contributed by atoms with Gasteiger partial charge in [-0.2, -0.15) is 0 Å². The normalized spacial score (nSPS) is 23.1. The number of hydrazine groups is 1. The van der Waals surface area contributed by atoms with E-state index in [0.717, 1.165) is 19.3 Å². The lowest BCUT2D eigenvalue weighted by atomic mass is 10.2. The van der Waals surface area contributed by atoms with E-state index in [4.69, 9.17) is 11.6 Å². The van der Waals surface area contributed by atoms with Gasteiger partial charge < -0.3 is 21.0 Å². The predicted octanol–water partition coefficient (Wildman–Crippen LogP) is 0.246. The number of rotatable bonds is 7. The van der Waals surface area contributed by atoms with Gasteiger partial charge in [0.2, 0.25) is 0 Å². The Kier molecular flexibility index (Phi) is 5.28. The minimum Gasteiger partial charge on any atom is -0.398 e. The molecule has 3 rings (SSSR count). The van der Waals surface area contributed by atoms with Gasteiger partial charge >= 0.3 is 0 Å². The fraction of sp³-hybridized carbons (Fsp3) is 0.368. The first-order chi connectivity index (χ1) is 13.3. The van der Waals surface area contributed by atoms with Crippen molar-refractivity contribution in [2.45, 2.75) is 6.04 Å². The number of likely N-dealkylation sites (N-methyl/N-ethyl adjacent to an activating group) is 1. The Bertz CT molecular complexity index is 827. The van der Waals surface area contributed by atoms with Crippen molar-refractivity contribution in [1.82, 2.24) is 25.1 Å². The van der Waals surface area contributed by atoms with Crippen molar-refractivity contribution in [3.05, 3.63) is 60.7 Å². The molecule has 2 aliphatic rings. The number of carbonyl (C=O) groups is 1. The summed E-state index contributed by atoms with van der Waals surface area (Å²) in [5.41, 5.74) is 8.65. The van der Waals surface area contributed by atoms with Gasteiger partial charge in [-0.15, -0.1) is 0 Å². The van der Waals surface area contributed by atoms with E-state index in [1.54, 1.807) is 7.05 Å². The Labute approximate surface area is 163 Å². The van der Waals surface area contributed by atoms with Gasteiger partial charge in [0.05, 0.1) is 6.20 Å². The summed E-state index contributed by atoms with van der Waals surface area (Å²) in [6.07, 6.45) is 3.68. The van der Waals surface area contributed by atoms with Crippen molar-refractivity contribution in [1.29, 1.82) is 0 Å². The molecule has 1 saturated carbocycles. The lowest BCUT2D eigenvalue weighted by Gasteiger charge is -2.31. The molecule has 0 bridgehead atoms. The summed E-state index contributed by atoms with van der Waals surface area (Å²) >= 11 is 0. The second-order valence-corrected chi connectivity index (χ2v) is 7.19. The van der Waals surface area contributed by atoms with Crippen molar-refractivity contribution < 1.29 is 9.18 Å².